The van der Waals surface area contributed by atoms with E-state index in [1.54, 1.807) is 17.8 Å². The van der Waals surface area contributed by atoms with Crippen molar-refractivity contribution in [2.45, 2.75) is 44.9 Å². The average Bonchev–Trinajstić information content (AvgIpc) is 2.82. The summed E-state index contributed by atoms with van der Waals surface area (Å²) >= 11 is 0. The minimum atomic E-state index is -0.337. The van der Waals surface area contributed by atoms with Gasteiger partial charge < -0.3 is 5.32 Å². The molecule has 0 radical (unpaired) electrons. The van der Waals surface area contributed by atoms with E-state index in [1.165, 1.54) is 44.6 Å². The molecule has 5 heteroatoms. The van der Waals surface area contributed by atoms with E-state index >= 15 is 0 Å². The molecule has 4 fully saturated rings. The van der Waals surface area contributed by atoms with Crippen LogP contribution in [-0.2, 0) is 11.8 Å². The Kier molecular flexibility index (Phi) is 3.25. The lowest BCUT2D eigenvalue weighted by molar-refractivity contribution is -0.124. The lowest BCUT2D eigenvalue weighted by atomic mass is 9.49. The Labute approximate surface area is 146 Å². The van der Waals surface area contributed by atoms with E-state index in [0.29, 0.717) is 23.1 Å². The molecule has 0 saturated heterocycles. The van der Waals surface area contributed by atoms with Crippen LogP contribution < -0.4 is 5.32 Å². The van der Waals surface area contributed by atoms with Gasteiger partial charge in [-0.05, 0) is 73.8 Å². The average molecular weight is 341 g/mol. The molecular formula is C20H24FN3O. The van der Waals surface area contributed by atoms with Crippen LogP contribution in [-0.4, -0.2) is 15.7 Å². The molecule has 4 nitrogen and oxygen atoms in total. The number of halogens is 1. The summed E-state index contributed by atoms with van der Waals surface area (Å²) in [4.78, 5) is 12.8. The van der Waals surface area contributed by atoms with Crippen molar-refractivity contribution in [3.63, 3.8) is 0 Å². The zero-order valence-corrected chi connectivity index (χ0v) is 14.6. The number of carbonyl (C=O) groups excluding carboxylic acids is 1. The Morgan fingerprint density at radius 1 is 1.24 bits per heavy atom. The van der Waals surface area contributed by atoms with E-state index in [1.807, 2.05) is 6.07 Å². The highest BCUT2D eigenvalue weighted by Gasteiger charge is 2.51. The SMILES string of the molecule is Cn1nc(NC(=O)CC23CC4CC(CC(C4)C2)C3)c2c(F)cccc21. The van der Waals surface area contributed by atoms with E-state index in [4.69, 9.17) is 0 Å². The molecule has 2 aromatic rings. The fraction of sp³-hybridized carbons (Fsp3) is 0.600. The fourth-order valence-electron chi connectivity index (χ4n) is 6.38. The molecule has 0 spiro atoms. The summed E-state index contributed by atoms with van der Waals surface area (Å²) in [6.45, 7) is 0. The Balaban J connectivity index is 1.38. The van der Waals surface area contributed by atoms with Crippen LogP contribution >= 0.6 is 0 Å². The third-order valence-electron chi connectivity index (χ3n) is 6.79. The zero-order valence-electron chi connectivity index (χ0n) is 14.6. The van der Waals surface area contributed by atoms with Crippen molar-refractivity contribution in [1.29, 1.82) is 0 Å². The number of nitrogens with zero attached hydrogens (tertiary/aromatic N) is 2. The first-order valence-electron chi connectivity index (χ1n) is 9.42. The molecule has 4 aliphatic carbocycles. The van der Waals surface area contributed by atoms with Crippen LogP contribution in [0.5, 0.6) is 0 Å². The van der Waals surface area contributed by atoms with Crippen molar-refractivity contribution in [2.75, 3.05) is 5.32 Å². The van der Waals surface area contributed by atoms with Crippen molar-refractivity contribution < 1.29 is 9.18 Å². The number of anilines is 1. The number of fused-ring (bicyclic) bond motifs is 1. The smallest absolute Gasteiger partial charge is 0.226 e. The number of aromatic nitrogens is 2. The van der Waals surface area contributed by atoms with Crippen molar-refractivity contribution >= 4 is 22.6 Å². The van der Waals surface area contributed by atoms with E-state index in [2.05, 4.69) is 10.4 Å². The topological polar surface area (TPSA) is 46.9 Å². The predicted octanol–water partition coefficient (Wildman–Crippen LogP) is 4.26. The molecule has 0 unspecified atom stereocenters. The maximum atomic E-state index is 14.2. The fourth-order valence-corrected chi connectivity index (χ4v) is 6.38. The number of carbonyl (C=O) groups is 1. The second-order valence-corrected chi connectivity index (χ2v) is 8.75. The molecule has 4 bridgehead atoms. The normalized spacial score (nSPS) is 33.1. The molecule has 4 saturated carbocycles. The molecule has 1 heterocycles. The predicted molar refractivity (Wildman–Crippen MR) is 94.5 cm³/mol. The molecule has 0 atom stereocenters. The van der Waals surface area contributed by atoms with Gasteiger partial charge in [0.1, 0.15) is 5.82 Å². The zero-order chi connectivity index (χ0) is 17.2. The molecule has 132 valence electrons. The summed E-state index contributed by atoms with van der Waals surface area (Å²) in [5.74, 6) is 2.48. The Bertz CT molecular complexity index is 821. The summed E-state index contributed by atoms with van der Waals surface area (Å²) in [6.07, 6.45) is 8.27. The lowest BCUT2D eigenvalue weighted by Crippen LogP contribution is -2.47. The first-order chi connectivity index (χ1) is 12.0. The number of hydrogen-bond acceptors (Lipinski definition) is 2. The second kappa shape index (κ2) is 5.29. The number of benzene rings is 1. The van der Waals surface area contributed by atoms with Crippen LogP contribution in [0.15, 0.2) is 18.2 Å². The summed E-state index contributed by atoms with van der Waals surface area (Å²) < 4.78 is 15.8. The quantitative estimate of drug-likeness (QED) is 0.907. The van der Waals surface area contributed by atoms with E-state index in [-0.39, 0.29) is 17.1 Å². The van der Waals surface area contributed by atoms with Crippen molar-refractivity contribution in [3.05, 3.63) is 24.0 Å². The highest BCUT2D eigenvalue weighted by molar-refractivity contribution is 6.00. The van der Waals surface area contributed by atoms with Gasteiger partial charge in [-0.15, -0.1) is 0 Å². The van der Waals surface area contributed by atoms with Crippen molar-refractivity contribution in [3.8, 4) is 0 Å². The number of amides is 1. The monoisotopic (exact) mass is 341 g/mol. The molecule has 4 aliphatic rings. The number of hydrogen-bond donors (Lipinski definition) is 1. The van der Waals surface area contributed by atoms with Gasteiger partial charge in [0.2, 0.25) is 5.91 Å². The molecule has 1 aromatic heterocycles. The molecule has 25 heavy (non-hydrogen) atoms. The molecule has 1 N–H and O–H groups in total. The van der Waals surface area contributed by atoms with E-state index in [0.717, 1.165) is 17.8 Å². The van der Waals surface area contributed by atoms with Gasteiger partial charge in [0.05, 0.1) is 10.9 Å². The van der Waals surface area contributed by atoms with Gasteiger partial charge in [-0.1, -0.05) is 6.07 Å². The second-order valence-electron chi connectivity index (χ2n) is 8.75. The number of rotatable bonds is 3. The first-order valence-corrected chi connectivity index (χ1v) is 9.42. The Hall–Kier alpha value is -1.91. The number of aryl methyl sites for hydroxylation is 1. The number of nitrogens with one attached hydrogen (secondary N) is 1. The highest BCUT2D eigenvalue weighted by atomic mass is 19.1. The van der Waals surface area contributed by atoms with E-state index < -0.39 is 0 Å². The molecule has 1 amide bonds. The summed E-state index contributed by atoms with van der Waals surface area (Å²) in [5.41, 5.74) is 0.882. The van der Waals surface area contributed by atoms with Crippen LogP contribution in [0, 0.1) is 29.0 Å². The highest BCUT2D eigenvalue weighted by Crippen LogP contribution is 2.61. The van der Waals surface area contributed by atoms with Gasteiger partial charge in [-0.25, -0.2) is 4.39 Å². The molecule has 0 aliphatic heterocycles. The van der Waals surface area contributed by atoms with Crippen LogP contribution in [0.2, 0.25) is 0 Å². The standard InChI is InChI=1S/C20H24FN3O/c1-24-16-4-2-3-15(21)18(16)19(23-24)22-17(25)11-20-8-12-5-13(9-20)7-14(6-12)10-20/h2-4,12-14H,5-11H2,1H3,(H,22,23,25). The molecule has 1 aromatic carbocycles. The van der Waals surface area contributed by atoms with Crippen molar-refractivity contribution in [1.82, 2.24) is 9.78 Å². The van der Waals surface area contributed by atoms with Crippen LogP contribution in [0.25, 0.3) is 10.9 Å². The third kappa shape index (κ3) is 2.47. The van der Waals surface area contributed by atoms with Crippen LogP contribution in [0.1, 0.15) is 44.9 Å². The van der Waals surface area contributed by atoms with E-state index in [9.17, 15) is 9.18 Å². The maximum absolute atomic E-state index is 14.2. The summed E-state index contributed by atoms with van der Waals surface area (Å²) in [5, 5.41) is 7.65. The largest absolute Gasteiger partial charge is 0.309 e. The van der Waals surface area contributed by atoms with Gasteiger partial charge in [0.15, 0.2) is 5.82 Å². The van der Waals surface area contributed by atoms with Gasteiger partial charge >= 0.3 is 0 Å². The van der Waals surface area contributed by atoms with Gasteiger partial charge in [0.25, 0.3) is 0 Å². The minimum absolute atomic E-state index is 0.00907. The summed E-state index contributed by atoms with van der Waals surface area (Å²) in [7, 11) is 1.77. The third-order valence-corrected chi connectivity index (χ3v) is 6.79. The van der Waals surface area contributed by atoms with Crippen LogP contribution in [0.4, 0.5) is 10.2 Å². The van der Waals surface area contributed by atoms with Gasteiger partial charge in [-0.2, -0.15) is 5.10 Å². The van der Waals surface area contributed by atoms with Gasteiger partial charge in [0, 0.05) is 13.5 Å². The van der Waals surface area contributed by atoms with Crippen molar-refractivity contribution in [2.24, 2.45) is 30.2 Å². The Morgan fingerprint density at radius 2 is 1.88 bits per heavy atom. The molecular weight excluding hydrogens is 317 g/mol. The maximum Gasteiger partial charge on any atom is 0.226 e. The lowest BCUT2D eigenvalue weighted by Gasteiger charge is -2.56. The first kappa shape index (κ1) is 15.4. The van der Waals surface area contributed by atoms with Crippen LogP contribution in [0.3, 0.4) is 0 Å². The van der Waals surface area contributed by atoms with Gasteiger partial charge in [-0.3, -0.25) is 9.48 Å². The Morgan fingerprint density at radius 3 is 2.52 bits per heavy atom. The summed E-state index contributed by atoms with van der Waals surface area (Å²) in [6, 6.07) is 4.90. The minimum Gasteiger partial charge on any atom is -0.309 e. The molecule has 6 rings (SSSR count).